The summed E-state index contributed by atoms with van der Waals surface area (Å²) >= 11 is 0. The number of aromatic nitrogens is 1. The van der Waals surface area contributed by atoms with Gasteiger partial charge in [-0.25, -0.2) is 0 Å². The minimum atomic E-state index is -0.103. The molecule has 4 heteroatoms. The molecule has 0 radical (unpaired) electrons. The zero-order valence-electron chi connectivity index (χ0n) is 14.4. The highest BCUT2D eigenvalue weighted by atomic mass is 16.5. The van der Waals surface area contributed by atoms with Crippen molar-refractivity contribution in [3.05, 3.63) is 71.9 Å². The lowest BCUT2D eigenvalue weighted by Gasteiger charge is -2.05. The highest BCUT2D eigenvalue weighted by Gasteiger charge is 2.10. The van der Waals surface area contributed by atoms with Crippen molar-refractivity contribution >= 4 is 11.6 Å². The Hall–Kier alpha value is -2.88. The fraction of sp³-hybridized carbons (Fsp3) is 0.238. The lowest BCUT2D eigenvalue weighted by molar-refractivity contribution is -0.115. The molecule has 3 rings (SSSR count). The molecule has 128 valence electrons. The Morgan fingerprint density at radius 3 is 2.56 bits per heavy atom. The van der Waals surface area contributed by atoms with E-state index >= 15 is 0 Å². The number of aryl methyl sites for hydroxylation is 1. The molecule has 2 aromatic carbocycles. The summed E-state index contributed by atoms with van der Waals surface area (Å²) in [5.74, 6) is 0.567. The predicted octanol–water partition coefficient (Wildman–Crippen LogP) is 4.87. The molecule has 0 unspecified atom stereocenters. The minimum absolute atomic E-state index is 0.103. The van der Waals surface area contributed by atoms with Gasteiger partial charge in [-0.1, -0.05) is 61.0 Å². The van der Waals surface area contributed by atoms with Crippen molar-refractivity contribution in [2.24, 2.45) is 0 Å². The third kappa shape index (κ3) is 4.80. The summed E-state index contributed by atoms with van der Waals surface area (Å²) in [7, 11) is 0. The van der Waals surface area contributed by atoms with Crippen molar-refractivity contribution in [3.63, 3.8) is 0 Å². The minimum Gasteiger partial charge on any atom is -0.356 e. The zero-order valence-corrected chi connectivity index (χ0v) is 14.4. The van der Waals surface area contributed by atoms with Crippen LogP contribution in [0, 0.1) is 0 Å². The first-order valence-electron chi connectivity index (χ1n) is 8.64. The first-order chi connectivity index (χ1) is 12.2. The van der Waals surface area contributed by atoms with Gasteiger partial charge in [-0.15, -0.1) is 0 Å². The maximum atomic E-state index is 12.2. The standard InChI is InChI=1S/C21H22N2O2/c1-2-3-7-16-10-12-18(13-11-16)22-21(24)15-19-14-20(25-23-19)17-8-5-4-6-9-17/h4-6,8-14H,2-3,7,15H2,1H3,(H,22,24). The third-order valence-corrected chi connectivity index (χ3v) is 4.02. The molecule has 0 fully saturated rings. The Labute approximate surface area is 147 Å². The van der Waals surface area contributed by atoms with E-state index < -0.39 is 0 Å². The molecule has 0 spiro atoms. The number of nitrogens with one attached hydrogen (secondary N) is 1. The normalized spacial score (nSPS) is 10.6. The Bertz CT molecular complexity index is 807. The number of amides is 1. The molecule has 0 saturated heterocycles. The van der Waals surface area contributed by atoms with Crippen molar-refractivity contribution < 1.29 is 9.32 Å². The number of benzene rings is 2. The lowest BCUT2D eigenvalue weighted by Crippen LogP contribution is -2.14. The van der Waals surface area contributed by atoms with Crippen LogP contribution in [0.25, 0.3) is 11.3 Å². The molecule has 4 nitrogen and oxygen atoms in total. The summed E-state index contributed by atoms with van der Waals surface area (Å²) in [4.78, 5) is 12.2. The predicted molar refractivity (Wildman–Crippen MR) is 99.3 cm³/mol. The third-order valence-electron chi connectivity index (χ3n) is 4.02. The van der Waals surface area contributed by atoms with Gasteiger partial charge in [0, 0.05) is 17.3 Å². The van der Waals surface area contributed by atoms with Crippen LogP contribution in [-0.4, -0.2) is 11.1 Å². The molecule has 25 heavy (non-hydrogen) atoms. The van der Waals surface area contributed by atoms with Gasteiger partial charge in [0.1, 0.15) is 0 Å². The maximum absolute atomic E-state index is 12.2. The lowest BCUT2D eigenvalue weighted by atomic mass is 10.1. The van der Waals surface area contributed by atoms with E-state index in [0.29, 0.717) is 11.5 Å². The van der Waals surface area contributed by atoms with E-state index in [1.54, 1.807) is 0 Å². The van der Waals surface area contributed by atoms with Crippen LogP contribution in [0.3, 0.4) is 0 Å². The Morgan fingerprint density at radius 1 is 1.08 bits per heavy atom. The molecule has 1 amide bonds. The van der Waals surface area contributed by atoms with E-state index in [-0.39, 0.29) is 12.3 Å². The van der Waals surface area contributed by atoms with E-state index in [9.17, 15) is 4.79 Å². The summed E-state index contributed by atoms with van der Waals surface area (Å²) < 4.78 is 5.33. The number of hydrogen-bond donors (Lipinski definition) is 1. The van der Waals surface area contributed by atoms with Crippen LogP contribution in [0.2, 0.25) is 0 Å². The largest absolute Gasteiger partial charge is 0.356 e. The van der Waals surface area contributed by atoms with Crippen molar-refractivity contribution in [2.45, 2.75) is 32.6 Å². The van der Waals surface area contributed by atoms with E-state index in [4.69, 9.17) is 4.52 Å². The van der Waals surface area contributed by atoms with Crippen LogP contribution >= 0.6 is 0 Å². The molecule has 0 atom stereocenters. The molecule has 0 bridgehead atoms. The Kier molecular flexibility index (Phi) is 5.62. The first kappa shape index (κ1) is 17.0. The average molecular weight is 334 g/mol. The van der Waals surface area contributed by atoms with Gasteiger partial charge in [0.2, 0.25) is 5.91 Å². The average Bonchev–Trinajstić information content (AvgIpc) is 3.10. The highest BCUT2D eigenvalue weighted by Crippen LogP contribution is 2.20. The van der Waals surface area contributed by atoms with Gasteiger partial charge >= 0.3 is 0 Å². The van der Waals surface area contributed by atoms with Crippen LogP contribution in [-0.2, 0) is 17.6 Å². The second-order valence-electron chi connectivity index (χ2n) is 6.07. The molecule has 0 aliphatic carbocycles. The second kappa shape index (κ2) is 8.29. The van der Waals surface area contributed by atoms with Crippen LogP contribution in [0.5, 0.6) is 0 Å². The molecule has 1 aromatic heterocycles. The number of hydrogen-bond acceptors (Lipinski definition) is 3. The fourth-order valence-electron chi connectivity index (χ4n) is 2.64. The van der Waals surface area contributed by atoms with Crippen molar-refractivity contribution in [2.75, 3.05) is 5.32 Å². The summed E-state index contributed by atoms with van der Waals surface area (Å²) in [6.45, 7) is 2.18. The van der Waals surface area contributed by atoms with Gasteiger partial charge in [0.15, 0.2) is 5.76 Å². The summed E-state index contributed by atoms with van der Waals surface area (Å²) in [5, 5.41) is 6.89. The number of nitrogens with zero attached hydrogens (tertiary/aromatic N) is 1. The number of anilines is 1. The van der Waals surface area contributed by atoms with Gasteiger partial charge in [-0.05, 0) is 30.5 Å². The van der Waals surface area contributed by atoms with E-state index in [2.05, 4.69) is 29.5 Å². The van der Waals surface area contributed by atoms with Gasteiger partial charge in [-0.3, -0.25) is 4.79 Å². The highest BCUT2D eigenvalue weighted by molar-refractivity contribution is 5.92. The van der Waals surface area contributed by atoms with Crippen molar-refractivity contribution in [3.8, 4) is 11.3 Å². The number of unbranched alkanes of at least 4 members (excludes halogenated alkanes) is 1. The number of rotatable bonds is 7. The second-order valence-corrected chi connectivity index (χ2v) is 6.07. The molecule has 0 aliphatic rings. The van der Waals surface area contributed by atoms with Crippen LogP contribution < -0.4 is 5.32 Å². The summed E-state index contributed by atoms with van der Waals surface area (Å²) in [5.41, 5.74) is 3.67. The topological polar surface area (TPSA) is 55.1 Å². The Balaban J connectivity index is 1.57. The molecule has 1 N–H and O–H groups in total. The molecule has 3 aromatic rings. The van der Waals surface area contributed by atoms with Crippen LogP contribution in [0.1, 0.15) is 31.0 Å². The monoisotopic (exact) mass is 334 g/mol. The van der Waals surface area contributed by atoms with Gasteiger partial charge < -0.3 is 9.84 Å². The molecule has 0 aliphatic heterocycles. The summed E-state index contributed by atoms with van der Waals surface area (Å²) in [6.07, 6.45) is 3.63. The first-order valence-corrected chi connectivity index (χ1v) is 8.64. The van der Waals surface area contributed by atoms with Gasteiger partial charge in [-0.2, -0.15) is 0 Å². The van der Waals surface area contributed by atoms with Crippen LogP contribution in [0.4, 0.5) is 5.69 Å². The molecule has 1 heterocycles. The molecular weight excluding hydrogens is 312 g/mol. The summed E-state index contributed by atoms with van der Waals surface area (Å²) in [6, 6.07) is 19.5. The quantitative estimate of drug-likeness (QED) is 0.671. The van der Waals surface area contributed by atoms with Gasteiger partial charge in [0.05, 0.1) is 12.1 Å². The smallest absolute Gasteiger partial charge is 0.230 e. The van der Waals surface area contributed by atoms with Gasteiger partial charge in [0.25, 0.3) is 0 Å². The van der Waals surface area contributed by atoms with Crippen LogP contribution in [0.15, 0.2) is 65.2 Å². The molecule has 0 saturated carbocycles. The SMILES string of the molecule is CCCCc1ccc(NC(=O)Cc2cc(-c3ccccc3)on2)cc1. The van der Waals surface area contributed by atoms with E-state index in [1.165, 1.54) is 18.4 Å². The Morgan fingerprint density at radius 2 is 1.84 bits per heavy atom. The maximum Gasteiger partial charge on any atom is 0.230 e. The zero-order chi connectivity index (χ0) is 17.5. The molecular formula is C21H22N2O2. The number of carbonyl (C=O) groups excluding carboxylic acids is 1. The fourth-order valence-corrected chi connectivity index (χ4v) is 2.64. The van der Waals surface area contributed by atoms with Crippen molar-refractivity contribution in [1.29, 1.82) is 0 Å². The van der Waals surface area contributed by atoms with E-state index in [1.807, 2.05) is 48.5 Å². The number of carbonyl (C=O) groups is 1. The van der Waals surface area contributed by atoms with Crippen molar-refractivity contribution in [1.82, 2.24) is 5.16 Å². The van der Waals surface area contributed by atoms with E-state index in [0.717, 1.165) is 17.7 Å².